The average Bonchev–Trinajstić information content (AvgIpc) is 2.45. The van der Waals surface area contributed by atoms with Gasteiger partial charge >= 0.3 is 11.9 Å². The van der Waals surface area contributed by atoms with E-state index < -0.39 is 11.6 Å². The number of esters is 1. The third kappa shape index (κ3) is 5.61. The summed E-state index contributed by atoms with van der Waals surface area (Å²) in [7, 11) is 0. The number of carbonyl (C=O) groups excluding carboxylic acids is 1. The Bertz CT molecular complexity index is 721. The molecule has 0 atom stereocenters. The fourth-order valence-corrected chi connectivity index (χ4v) is 2.89. The molecule has 136 valence electrons. The Morgan fingerprint density at radius 3 is 2.16 bits per heavy atom. The molecule has 25 heavy (non-hydrogen) atoms. The highest BCUT2D eigenvalue weighted by molar-refractivity contribution is 5.73. The van der Waals surface area contributed by atoms with E-state index in [2.05, 4.69) is 11.2 Å². The summed E-state index contributed by atoms with van der Waals surface area (Å²) in [5, 5.41) is 12.2. The lowest BCUT2D eigenvalue weighted by atomic mass is 9.87. The van der Waals surface area contributed by atoms with Crippen LogP contribution in [0, 0.1) is 33.1 Å². The molecular weight excluding hydrogens is 318 g/mol. The van der Waals surface area contributed by atoms with Gasteiger partial charge in [-0.1, -0.05) is 5.92 Å². The number of carboxylic acid groups (broad SMARTS) is 1. The van der Waals surface area contributed by atoms with Crippen LogP contribution in [0.3, 0.4) is 0 Å². The van der Waals surface area contributed by atoms with E-state index in [9.17, 15) is 9.59 Å². The lowest BCUT2D eigenvalue weighted by molar-refractivity contribution is -0.153. The summed E-state index contributed by atoms with van der Waals surface area (Å²) >= 11 is 0. The minimum Gasteiger partial charge on any atom is -0.481 e. The lowest BCUT2D eigenvalue weighted by Gasteiger charge is -2.21. The number of carboxylic acids is 1. The molecular formula is C20H27NO4. The van der Waals surface area contributed by atoms with Gasteiger partial charge in [0, 0.05) is 12.1 Å². The lowest BCUT2D eigenvalue weighted by Crippen LogP contribution is -2.31. The summed E-state index contributed by atoms with van der Waals surface area (Å²) in [5.41, 5.74) is 4.52. The molecule has 1 aromatic rings. The molecule has 5 nitrogen and oxygen atoms in total. The predicted octanol–water partition coefficient (Wildman–Crippen LogP) is 2.65. The zero-order valence-corrected chi connectivity index (χ0v) is 15.9. The zero-order valence-electron chi connectivity index (χ0n) is 15.9. The fraction of sp³-hybridized carbons (Fsp3) is 0.500. The van der Waals surface area contributed by atoms with E-state index >= 15 is 0 Å². The van der Waals surface area contributed by atoms with Gasteiger partial charge in [0.2, 0.25) is 0 Å². The van der Waals surface area contributed by atoms with Crippen LogP contribution in [0.5, 0.6) is 0 Å². The first-order valence-electron chi connectivity index (χ1n) is 8.20. The van der Waals surface area contributed by atoms with Gasteiger partial charge in [-0.15, -0.1) is 6.42 Å². The van der Waals surface area contributed by atoms with Crippen molar-refractivity contribution in [2.24, 2.45) is 0 Å². The van der Waals surface area contributed by atoms with E-state index in [-0.39, 0.29) is 18.9 Å². The van der Waals surface area contributed by atoms with Crippen molar-refractivity contribution in [3.8, 4) is 12.3 Å². The van der Waals surface area contributed by atoms with Gasteiger partial charge in [-0.3, -0.25) is 9.59 Å². The molecule has 0 radical (unpaired) electrons. The first kappa shape index (κ1) is 20.7. The quantitative estimate of drug-likeness (QED) is 0.612. The van der Waals surface area contributed by atoms with Crippen molar-refractivity contribution in [2.75, 3.05) is 6.54 Å². The molecule has 0 aromatic heterocycles. The minimum atomic E-state index is -0.898. The predicted molar refractivity (Wildman–Crippen MR) is 97.5 cm³/mol. The molecule has 0 heterocycles. The fourth-order valence-electron chi connectivity index (χ4n) is 2.89. The van der Waals surface area contributed by atoms with Crippen molar-refractivity contribution in [3.63, 3.8) is 0 Å². The Morgan fingerprint density at radius 2 is 1.68 bits per heavy atom. The molecule has 0 saturated carbocycles. The summed E-state index contributed by atoms with van der Waals surface area (Å²) in [6.07, 6.45) is 5.55. The summed E-state index contributed by atoms with van der Waals surface area (Å²) in [6.45, 7) is 11.6. The van der Waals surface area contributed by atoms with Crippen molar-refractivity contribution >= 4 is 11.9 Å². The molecule has 1 rings (SSSR count). The Kier molecular flexibility index (Phi) is 6.78. The second-order valence-corrected chi connectivity index (χ2v) is 7.11. The largest absolute Gasteiger partial charge is 0.481 e. The molecule has 1 aromatic carbocycles. The number of ether oxygens (including phenoxy) is 1. The third-order valence-electron chi connectivity index (χ3n) is 4.02. The maximum absolute atomic E-state index is 11.8. The SMILES string of the molecule is C#Cc1c(C)c(CNCC(=O)OC(C)(C)C)c(C)c(CC(=O)O)c1C. The van der Waals surface area contributed by atoms with E-state index in [1.165, 1.54) is 0 Å². The first-order valence-corrected chi connectivity index (χ1v) is 8.20. The number of hydrogen-bond acceptors (Lipinski definition) is 4. The van der Waals surface area contributed by atoms with Crippen molar-refractivity contribution < 1.29 is 19.4 Å². The smallest absolute Gasteiger partial charge is 0.320 e. The maximum Gasteiger partial charge on any atom is 0.320 e. The molecule has 0 amide bonds. The third-order valence-corrected chi connectivity index (χ3v) is 4.02. The Hall–Kier alpha value is -2.32. The molecule has 0 aliphatic rings. The molecule has 0 aliphatic heterocycles. The van der Waals surface area contributed by atoms with Gasteiger partial charge < -0.3 is 15.2 Å². The summed E-state index contributed by atoms with van der Waals surface area (Å²) in [6, 6.07) is 0. The number of nitrogens with one attached hydrogen (secondary N) is 1. The van der Waals surface area contributed by atoms with Gasteiger partial charge in [0.15, 0.2) is 0 Å². The number of hydrogen-bond donors (Lipinski definition) is 2. The summed E-state index contributed by atoms with van der Waals surface area (Å²) in [5.74, 6) is 1.43. The zero-order chi connectivity index (χ0) is 19.4. The van der Waals surface area contributed by atoms with Crippen LogP contribution in [-0.4, -0.2) is 29.2 Å². The maximum atomic E-state index is 11.8. The molecule has 0 spiro atoms. The van der Waals surface area contributed by atoms with Crippen LogP contribution in [0.25, 0.3) is 0 Å². The number of rotatable bonds is 6. The van der Waals surface area contributed by atoms with Gasteiger partial charge in [-0.25, -0.2) is 0 Å². The number of terminal acetylenes is 1. The number of aliphatic carboxylic acids is 1. The number of benzene rings is 1. The van der Waals surface area contributed by atoms with Crippen LogP contribution in [0.2, 0.25) is 0 Å². The van der Waals surface area contributed by atoms with Crippen LogP contribution >= 0.6 is 0 Å². The Balaban J connectivity index is 3.05. The van der Waals surface area contributed by atoms with E-state index in [1.807, 2.05) is 41.5 Å². The summed E-state index contributed by atoms with van der Waals surface area (Å²) < 4.78 is 5.27. The van der Waals surface area contributed by atoms with Crippen LogP contribution in [-0.2, 0) is 27.3 Å². The van der Waals surface area contributed by atoms with Gasteiger partial charge in [-0.2, -0.15) is 0 Å². The van der Waals surface area contributed by atoms with Crippen molar-refractivity contribution in [3.05, 3.63) is 33.4 Å². The molecule has 5 heteroatoms. The van der Waals surface area contributed by atoms with Crippen molar-refractivity contribution in [1.82, 2.24) is 5.32 Å². The minimum absolute atomic E-state index is 0.0731. The topological polar surface area (TPSA) is 75.6 Å². The number of carbonyl (C=O) groups is 2. The Morgan fingerprint density at radius 1 is 1.12 bits per heavy atom. The normalized spacial score (nSPS) is 11.1. The second kappa shape index (κ2) is 8.17. The van der Waals surface area contributed by atoms with E-state index in [0.29, 0.717) is 6.54 Å². The molecule has 2 N–H and O–H groups in total. The van der Waals surface area contributed by atoms with Crippen molar-refractivity contribution in [1.29, 1.82) is 0 Å². The highest BCUT2D eigenvalue weighted by Gasteiger charge is 2.19. The molecule has 0 bridgehead atoms. The monoisotopic (exact) mass is 345 g/mol. The van der Waals surface area contributed by atoms with Gasteiger partial charge in [0.1, 0.15) is 5.60 Å². The van der Waals surface area contributed by atoms with Gasteiger partial charge in [0.25, 0.3) is 0 Å². The van der Waals surface area contributed by atoms with E-state index in [1.54, 1.807) is 0 Å². The Labute approximate surface area is 149 Å². The van der Waals surface area contributed by atoms with Crippen LogP contribution < -0.4 is 5.32 Å². The van der Waals surface area contributed by atoms with E-state index in [4.69, 9.17) is 16.3 Å². The standard InChI is InChI=1S/C20H27NO4/c1-8-15-12(2)16(9-18(22)23)14(4)17(13(15)3)10-21-11-19(24)25-20(5,6)7/h1,21H,9-11H2,2-7H3,(H,22,23). The highest BCUT2D eigenvalue weighted by Crippen LogP contribution is 2.27. The van der Waals surface area contributed by atoms with Gasteiger partial charge in [0.05, 0.1) is 13.0 Å². The molecule has 0 saturated heterocycles. The first-order chi connectivity index (χ1) is 11.5. The molecule has 0 aliphatic carbocycles. The van der Waals surface area contributed by atoms with Crippen molar-refractivity contribution in [2.45, 2.75) is 60.1 Å². The summed E-state index contributed by atoms with van der Waals surface area (Å²) in [4.78, 5) is 23.0. The van der Waals surface area contributed by atoms with E-state index in [0.717, 1.165) is 33.4 Å². The average molecular weight is 345 g/mol. The van der Waals surface area contributed by atoms with Crippen LogP contribution in [0.4, 0.5) is 0 Å². The molecule has 0 unspecified atom stereocenters. The van der Waals surface area contributed by atoms with Crippen LogP contribution in [0.1, 0.15) is 54.2 Å². The molecule has 0 fully saturated rings. The van der Waals surface area contributed by atoms with Crippen LogP contribution in [0.15, 0.2) is 0 Å². The van der Waals surface area contributed by atoms with Gasteiger partial charge in [-0.05, 0) is 69.4 Å². The second-order valence-electron chi connectivity index (χ2n) is 7.11. The highest BCUT2D eigenvalue weighted by atomic mass is 16.6.